The summed E-state index contributed by atoms with van der Waals surface area (Å²) in [6, 6.07) is 16.4. The van der Waals surface area contributed by atoms with E-state index in [2.05, 4.69) is 35.0 Å². The van der Waals surface area contributed by atoms with Gasteiger partial charge in [0.2, 0.25) is 5.91 Å². The number of carbonyl (C=O) groups is 1. The van der Waals surface area contributed by atoms with E-state index in [-0.39, 0.29) is 11.8 Å². The molecule has 4 rings (SSSR count). The quantitative estimate of drug-likeness (QED) is 0.786. The lowest BCUT2D eigenvalue weighted by molar-refractivity contribution is -0.126. The van der Waals surface area contributed by atoms with Gasteiger partial charge in [-0.25, -0.2) is 0 Å². The number of rotatable bonds is 4. The van der Waals surface area contributed by atoms with Gasteiger partial charge in [-0.15, -0.1) is 11.3 Å². The van der Waals surface area contributed by atoms with Crippen LogP contribution in [0.15, 0.2) is 53.9 Å². The van der Waals surface area contributed by atoms with Crippen LogP contribution >= 0.6 is 11.3 Å². The zero-order valence-electron chi connectivity index (χ0n) is 13.3. The molecule has 0 aliphatic carbocycles. The van der Waals surface area contributed by atoms with Crippen LogP contribution in [0, 0.1) is 5.92 Å². The first kappa shape index (κ1) is 15.2. The van der Waals surface area contributed by atoms with Crippen molar-refractivity contribution < 1.29 is 9.53 Å². The standard InChI is InChI=1S/C20H19NO2S/c22-20(16-11-14-5-1-3-7-18(14)23-12-16)21-10-9-15-13-24-19-8-4-2-6-17(15)19/h1-8,13,16H,9-12H2,(H,21,22). The molecule has 0 bridgehead atoms. The van der Waals surface area contributed by atoms with Gasteiger partial charge in [0.05, 0.1) is 5.92 Å². The summed E-state index contributed by atoms with van der Waals surface area (Å²) in [6.07, 6.45) is 1.61. The summed E-state index contributed by atoms with van der Waals surface area (Å²) >= 11 is 1.76. The molecular formula is C20H19NO2S. The number of amides is 1. The number of carbonyl (C=O) groups excluding carboxylic acids is 1. The van der Waals surface area contributed by atoms with E-state index in [0.717, 1.165) is 24.2 Å². The second-order valence-electron chi connectivity index (χ2n) is 6.12. The van der Waals surface area contributed by atoms with Crippen molar-refractivity contribution >= 4 is 27.3 Å². The number of nitrogens with one attached hydrogen (secondary N) is 1. The van der Waals surface area contributed by atoms with E-state index < -0.39 is 0 Å². The summed E-state index contributed by atoms with van der Waals surface area (Å²) in [5, 5.41) is 6.56. The Bertz CT molecular complexity index is 871. The SMILES string of the molecule is O=C(NCCc1csc2ccccc12)C1COc2ccccc2C1. The maximum Gasteiger partial charge on any atom is 0.226 e. The Morgan fingerprint density at radius 1 is 1.17 bits per heavy atom. The van der Waals surface area contributed by atoms with E-state index in [1.807, 2.05) is 24.3 Å². The summed E-state index contributed by atoms with van der Waals surface area (Å²) < 4.78 is 7.01. The van der Waals surface area contributed by atoms with Crippen molar-refractivity contribution in [1.82, 2.24) is 5.32 Å². The Hall–Kier alpha value is -2.33. The Morgan fingerprint density at radius 3 is 2.96 bits per heavy atom. The summed E-state index contributed by atoms with van der Waals surface area (Å²) in [5.74, 6) is 0.898. The van der Waals surface area contributed by atoms with Gasteiger partial charge in [-0.05, 0) is 46.9 Å². The highest BCUT2D eigenvalue weighted by Crippen LogP contribution is 2.27. The van der Waals surface area contributed by atoms with Crippen LogP contribution < -0.4 is 10.1 Å². The average molecular weight is 337 g/mol. The fourth-order valence-electron chi connectivity index (χ4n) is 3.19. The van der Waals surface area contributed by atoms with Crippen LogP contribution in [0.25, 0.3) is 10.1 Å². The van der Waals surface area contributed by atoms with Gasteiger partial charge in [0.15, 0.2) is 0 Å². The molecule has 1 aliphatic rings. The van der Waals surface area contributed by atoms with Crippen LogP contribution in [0.4, 0.5) is 0 Å². The van der Waals surface area contributed by atoms with Gasteiger partial charge in [0.25, 0.3) is 0 Å². The van der Waals surface area contributed by atoms with Crippen LogP contribution in [0.5, 0.6) is 5.75 Å². The first-order chi connectivity index (χ1) is 11.8. The average Bonchev–Trinajstić information content (AvgIpc) is 3.04. The molecule has 0 spiro atoms. The zero-order valence-corrected chi connectivity index (χ0v) is 14.1. The Balaban J connectivity index is 1.34. The fraction of sp³-hybridized carbons (Fsp3) is 0.250. The molecule has 0 saturated carbocycles. The highest BCUT2D eigenvalue weighted by molar-refractivity contribution is 7.17. The highest BCUT2D eigenvalue weighted by Gasteiger charge is 2.25. The molecule has 24 heavy (non-hydrogen) atoms. The second kappa shape index (κ2) is 6.65. The topological polar surface area (TPSA) is 38.3 Å². The molecule has 3 nitrogen and oxygen atoms in total. The summed E-state index contributed by atoms with van der Waals surface area (Å²) in [7, 11) is 0. The molecule has 3 aromatic rings. The maximum atomic E-state index is 12.4. The van der Waals surface area contributed by atoms with Crippen molar-refractivity contribution in [1.29, 1.82) is 0 Å². The van der Waals surface area contributed by atoms with Crippen molar-refractivity contribution in [2.75, 3.05) is 13.2 Å². The third kappa shape index (κ3) is 3.02. The molecule has 122 valence electrons. The third-order valence-corrected chi connectivity index (χ3v) is 5.52. The van der Waals surface area contributed by atoms with Gasteiger partial charge in [0, 0.05) is 11.2 Å². The van der Waals surface area contributed by atoms with E-state index in [1.165, 1.54) is 15.6 Å². The molecule has 0 saturated heterocycles. The van der Waals surface area contributed by atoms with Crippen molar-refractivity contribution in [3.8, 4) is 5.75 Å². The summed E-state index contributed by atoms with van der Waals surface area (Å²) in [5.41, 5.74) is 2.42. The van der Waals surface area contributed by atoms with Crippen LogP contribution in [-0.2, 0) is 17.6 Å². The van der Waals surface area contributed by atoms with Gasteiger partial charge in [-0.3, -0.25) is 4.79 Å². The van der Waals surface area contributed by atoms with E-state index >= 15 is 0 Å². The predicted molar refractivity (Wildman–Crippen MR) is 97.7 cm³/mol. The van der Waals surface area contributed by atoms with Crippen molar-refractivity contribution in [3.05, 3.63) is 65.0 Å². The first-order valence-corrected chi connectivity index (χ1v) is 9.13. The Kier molecular flexibility index (Phi) is 4.22. The molecule has 0 fully saturated rings. The lowest BCUT2D eigenvalue weighted by Gasteiger charge is -2.24. The molecule has 0 radical (unpaired) electrons. The molecule has 1 unspecified atom stereocenters. The lowest BCUT2D eigenvalue weighted by atomic mass is 9.96. The minimum absolute atomic E-state index is 0.0871. The zero-order chi connectivity index (χ0) is 16.4. The monoisotopic (exact) mass is 337 g/mol. The van der Waals surface area contributed by atoms with Crippen molar-refractivity contribution in [2.24, 2.45) is 5.92 Å². The molecule has 1 atom stereocenters. The van der Waals surface area contributed by atoms with Crippen molar-refractivity contribution in [3.63, 3.8) is 0 Å². The van der Waals surface area contributed by atoms with E-state index in [0.29, 0.717) is 13.2 Å². The minimum atomic E-state index is -0.0980. The second-order valence-corrected chi connectivity index (χ2v) is 7.03. The smallest absolute Gasteiger partial charge is 0.226 e. The molecule has 1 N–H and O–H groups in total. The fourth-order valence-corrected chi connectivity index (χ4v) is 4.18. The number of hydrogen-bond acceptors (Lipinski definition) is 3. The van der Waals surface area contributed by atoms with Gasteiger partial charge < -0.3 is 10.1 Å². The van der Waals surface area contributed by atoms with Gasteiger partial charge in [0.1, 0.15) is 12.4 Å². The lowest BCUT2D eigenvalue weighted by Crippen LogP contribution is -2.38. The summed E-state index contributed by atoms with van der Waals surface area (Å²) in [6.45, 7) is 1.13. The Labute approximate surface area is 145 Å². The van der Waals surface area contributed by atoms with Gasteiger partial charge >= 0.3 is 0 Å². The van der Waals surface area contributed by atoms with E-state index in [1.54, 1.807) is 11.3 Å². The molecule has 1 aliphatic heterocycles. The van der Waals surface area contributed by atoms with Gasteiger partial charge in [-0.2, -0.15) is 0 Å². The first-order valence-electron chi connectivity index (χ1n) is 8.25. The molecular weight excluding hydrogens is 318 g/mol. The number of para-hydroxylation sites is 1. The molecule has 2 aromatic carbocycles. The maximum absolute atomic E-state index is 12.4. The number of ether oxygens (including phenoxy) is 1. The van der Waals surface area contributed by atoms with Crippen LogP contribution in [0.2, 0.25) is 0 Å². The van der Waals surface area contributed by atoms with Gasteiger partial charge in [-0.1, -0.05) is 36.4 Å². The number of benzene rings is 2. The van der Waals surface area contributed by atoms with E-state index in [9.17, 15) is 4.79 Å². The minimum Gasteiger partial charge on any atom is -0.492 e. The molecule has 1 amide bonds. The number of hydrogen-bond donors (Lipinski definition) is 1. The van der Waals surface area contributed by atoms with Crippen LogP contribution in [-0.4, -0.2) is 19.1 Å². The largest absolute Gasteiger partial charge is 0.492 e. The van der Waals surface area contributed by atoms with E-state index in [4.69, 9.17) is 4.74 Å². The number of thiophene rings is 1. The Morgan fingerprint density at radius 2 is 2.00 bits per heavy atom. The molecule has 2 heterocycles. The summed E-state index contributed by atoms with van der Waals surface area (Å²) in [4.78, 5) is 12.4. The normalized spacial score (nSPS) is 16.4. The molecule has 4 heteroatoms. The predicted octanol–water partition coefficient (Wildman–Crippen LogP) is 3.81. The van der Waals surface area contributed by atoms with Crippen LogP contribution in [0.3, 0.4) is 0 Å². The third-order valence-electron chi connectivity index (χ3n) is 4.50. The van der Waals surface area contributed by atoms with Crippen molar-refractivity contribution in [2.45, 2.75) is 12.8 Å². The van der Waals surface area contributed by atoms with Crippen LogP contribution in [0.1, 0.15) is 11.1 Å². The molecule has 1 aromatic heterocycles. The highest BCUT2D eigenvalue weighted by atomic mass is 32.1. The number of fused-ring (bicyclic) bond motifs is 2.